The minimum absolute atomic E-state index is 0.334. The summed E-state index contributed by atoms with van der Waals surface area (Å²) >= 11 is 1.73. The lowest BCUT2D eigenvalue weighted by Gasteiger charge is -2.43. The summed E-state index contributed by atoms with van der Waals surface area (Å²) in [4.78, 5) is 0. The molecule has 1 aliphatic carbocycles. The molecule has 4 nitrogen and oxygen atoms in total. The average molecular weight is 269 g/mol. The average Bonchev–Trinajstić information content (AvgIpc) is 2.69. The normalized spacial score (nSPS) is 27.3. The van der Waals surface area contributed by atoms with Gasteiger partial charge in [0.2, 0.25) is 5.89 Å². The van der Waals surface area contributed by atoms with Crippen LogP contribution in [0.15, 0.2) is 9.64 Å². The Morgan fingerprint density at radius 3 is 2.83 bits per heavy atom. The Morgan fingerprint density at radius 1 is 1.44 bits per heavy atom. The van der Waals surface area contributed by atoms with E-state index in [9.17, 15) is 0 Å². The lowest BCUT2D eigenvalue weighted by atomic mass is 9.73. The molecule has 1 N–H and O–H groups in total. The zero-order valence-electron chi connectivity index (χ0n) is 11.7. The predicted molar refractivity (Wildman–Crippen MR) is 73.8 cm³/mol. The quantitative estimate of drug-likeness (QED) is 0.910. The summed E-state index contributed by atoms with van der Waals surface area (Å²) in [5.74, 6) is 0.646. The topological polar surface area (TPSA) is 51.0 Å². The van der Waals surface area contributed by atoms with Crippen LogP contribution in [-0.4, -0.2) is 28.0 Å². The summed E-state index contributed by atoms with van der Waals surface area (Å²) in [7, 11) is 0. The molecule has 1 aliphatic rings. The standard InChI is InChI=1S/C13H23N3OS/c1-5-14-11-10(7-6-8-13(11,3)4)18-12-16-15-9(2)17-12/h10-11,14H,5-8H2,1-4H3. The molecule has 2 unspecified atom stereocenters. The van der Waals surface area contributed by atoms with Gasteiger partial charge in [0.05, 0.1) is 0 Å². The first-order chi connectivity index (χ1) is 8.53. The van der Waals surface area contributed by atoms with E-state index in [1.807, 2.05) is 6.92 Å². The maximum absolute atomic E-state index is 5.49. The van der Waals surface area contributed by atoms with Crippen LogP contribution in [-0.2, 0) is 0 Å². The van der Waals surface area contributed by atoms with Crippen molar-refractivity contribution in [2.24, 2.45) is 5.41 Å². The zero-order chi connectivity index (χ0) is 13.2. The van der Waals surface area contributed by atoms with Gasteiger partial charge in [-0.2, -0.15) is 0 Å². The Kier molecular flexibility index (Phi) is 4.33. The fourth-order valence-electron chi connectivity index (χ4n) is 2.79. The van der Waals surface area contributed by atoms with E-state index >= 15 is 0 Å². The van der Waals surface area contributed by atoms with Gasteiger partial charge in [0, 0.05) is 18.2 Å². The SMILES string of the molecule is CCNC1C(Sc2nnc(C)o2)CCCC1(C)C. The van der Waals surface area contributed by atoms with Crippen molar-refractivity contribution in [3.05, 3.63) is 5.89 Å². The number of thioether (sulfide) groups is 1. The predicted octanol–water partition coefficient (Wildman–Crippen LogP) is 3.03. The first kappa shape index (κ1) is 13.9. The van der Waals surface area contributed by atoms with Crippen LogP contribution in [0.1, 0.15) is 45.9 Å². The molecule has 0 aliphatic heterocycles. The monoisotopic (exact) mass is 269 g/mol. The third-order valence-corrected chi connectivity index (χ3v) is 4.88. The molecule has 1 aromatic heterocycles. The molecule has 1 saturated carbocycles. The fraction of sp³-hybridized carbons (Fsp3) is 0.846. The van der Waals surface area contributed by atoms with Crippen molar-refractivity contribution in [2.75, 3.05) is 6.54 Å². The van der Waals surface area contributed by atoms with Crippen LogP contribution >= 0.6 is 11.8 Å². The molecule has 2 atom stereocenters. The second-order valence-corrected chi connectivity index (χ2v) is 6.85. The Morgan fingerprint density at radius 2 is 2.22 bits per heavy atom. The van der Waals surface area contributed by atoms with E-state index in [0.29, 0.717) is 27.8 Å². The van der Waals surface area contributed by atoms with E-state index in [1.54, 1.807) is 11.8 Å². The van der Waals surface area contributed by atoms with Gasteiger partial charge in [-0.05, 0) is 24.8 Å². The van der Waals surface area contributed by atoms with Crippen molar-refractivity contribution in [3.63, 3.8) is 0 Å². The van der Waals surface area contributed by atoms with Gasteiger partial charge in [-0.3, -0.25) is 0 Å². The molecule has 0 saturated heterocycles. The summed E-state index contributed by atoms with van der Waals surface area (Å²) in [6.45, 7) is 9.72. The molecular formula is C13H23N3OS. The largest absolute Gasteiger partial charge is 0.416 e. The third-order valence-electron chi connectivity index (χ3n) is 3.71. The van der Waals surface area contributed by atoms with Gasteiger partial charge in [-0.15, -0.1) is 10.2 Å². The first-order valence-corrected chi connectivity index (χ1v) is 7.61. The number of aromatic nitrogens is 2. The van der Waals surface area contributed by atoms with Crippen LogP contribution in [0.5, 0.6) is 0 Å². The van der Waals surface area contributed by atoms with E-state index in [4.69, 9.17) is 4.42 Å². The molecule has 2 rings (SSSR count). The molecule has 0 radical (unpaired) electrons. The van der Waals surface area contributed by atoms with Gasteiger partial charge in [0.25, 0.3) is 5.22 Å². The van der Waals surface area contributed by atoms with E-state index in [-0.39, 0.29) is 0 Å². The van der Waals surface area contributed by atoms with E-state index in [0.717, 1.165) is 6.54 Å². The molecule has 18 heavy (non-hydrogen) atoms. The van der Waals surface area contributed by atoms with Gasteiger partial charge < -0.3 is 9.73 Å². The first-order valence-electron chi connectivity index (χ1n) is 6.73. The Balaban J connectivity index is 2.09. The van der Waals surface area contributed by atoms with Gasteiger partial charge in [-0.25, -0.2) is 0 Å². The zero-order valence-corrected chi connectivity index (χ0v) is 12.5. The minimum Gasteiger partial charge on any atom is -0.416 e. The Hall–Kier alpha value is -0.550. The highest BCUT2D eigenvalue weighted by Gasteiger charge is 2.39. The maximum atomic E-state index is 5.49. The van der Waals surface area contributed by atoms with Crippen LogP contribution in [0.2, 0.25) is 0 Å². The van der Waals surface area contributed by atoms with Gasteiger partial charge >= 0.3 is 0 Å². The van der Waals surface area contributed by atoms with Crippen molar-refractivity contribution >= 4 is 11.8 Å². The van der Waals surface area contributed by atoms with Gasteiger partial charge in [0.1, 0.15) is 0 Å². The Bertz CT molecular complexity index is 391. The smallest absolute Gasteiger partial charge is 0.276 e. The Labute approximate surface area is 113 Å². The lowest BCUT2D eigenvalue weighted by molar-refractivity contribution is 0.176. The molecule has 1 heterocycles. The fourth-order valence-corrected chi connectivity index (χ4v) is 4.20. The number of hydrogen-bond acceptors (Lipinski definition) is 5. The van der Waals surface area contributed by atoms with Crippen molar-refractivity contribution in [1.29, 1.82) is 0 Å². The van der Waals surface area contributed by atoms with Crippen LogP contribution in [0.3, 0.4) is 0 Å². The highest BCUT2D eigenvalue weighted by Crippen LogP contribution is 2.42. The summed E-state index contributed by atoms with van der Waals surface area (Å²) in [6.07, 6.45) is 3.78. The molecule has 0 amide bonds. The van der Waals surface area contributed by atoms with Crippen molar-refractivity contribution in [2.45, 2.75) is 63.5 Å². The number of nitrogens with one attached hydrogen (secondary N) is 1. The maximum Gasteiger partial charge on any atom is 0.276 e. The molecule has 1 fully saturated rings. The van der Waals surface area contributed by atoms with E-state index in [1.165, 1.54) is 19.3 Å². The van der Waals surface area contributed by atoms with Crippen LogP contribution < -0.4 is 5.32 Å². The van der Waals surface area contributed by atoms with E-state index in [2.05, 4.69) is 36.3 Å². The second kappa shape index (κ2) is 5.61. The number of hydrogen-bond donors (Lipinski definition) is 1. The van der Waals surface area contributed by atoms with Crippen LogP contribution in [0.25, 0.3) is 0 Å². The molecule has 5 heteroatoms. The summed E-state index contributed by atoms with van der Waals surface area (Å²) < 4.78 is 5.49. The number of nitrogens with zero attached hydrogens (tertiary/aromatic N) is 2. The molecule has 0 bridgehead atoms. The molecule has 0 aromatic carbocycles. The number of aryl methyl sites for hydroxylation is 1. The second-order valence-electron chi connectivity index (χ2n) is 5.66. The molecule has 102 valence electrons. The van der Waals surface area contributed by atoms with Crippen molar-refractivity contribution in [3.8, 4) is 0 Å². The van der Waals surface area contributed by atoms with E-state index < -0.39 is 0 Å². The van der Waals surface area contributed by atoms with Crippen molar-refractivity contribution < 1.29 is 4.42 Å². The highest BCUT2D eigenvalue weighted by molar-refractivity contribution is 7.99. The van der Waals surface area contributed by atoms with Crippen LogP contribution in [0.4, 0.5) is 0 Å². The number of rotatable bonds is 4. The summed E-state index contributed by atoms with van der Waals surface area (Å²) in [5, 5.41) is 12.9. The lowest BCUT2D eigenvalue weighted by Crippen LogP contribution is -2.51. The van der Waals surface area contributed by atoms with Crippen molar-refractivity contribution in [1.82, 2.24) is 15.5 Å². The summed E-state index contributed by atoms with van der Waals surface area (Å²) in [6, 6.07) is 0.508. The molecule has 0 spiro atoms. The van der Waals surface area contributed by atoms with Crippen LogP contribution in [0, 0.1) is 12.3 Å². The highest BCUT2D eigenvalue weighted by atomic mass is 32.2. The molecule has 1 aromatic rings. The minimum atomic E-state index is 0.334. The summed E-state index contributed by atoms with van der Waals surface area (Å²) in [5.41, 5.74) is 0.334. The van der Waals surface area contributed by atoms with Gasteiger partial charge in [0.15, 0.2) is 0 Å². The third kappa shape index (κ3) is 3.06. The van der Waals surface area contributed by atoms with Gasteiger partial charge in [-0.1, -0.05) is 39.0 Å². The molecular weight excluding hydrogens is 246 g/mol.